The van der Waals surface area contributed by atoms with Gasteiger partial charge in [-0.1, -0.05) is 48.6 Å². The summed E-state index contributed by atoms with van der Waals surface area (Å²) in [7, 11) is -3.73. The van der Waals surface area contributed by atoms with Crippen molar-refractivity contribution in [2.24, 2.45) is 9.39 Å². The van der Waals surface area contributed by atoms with Crippen LogP contribution in [0.3, 0.4) is 0 Å². The van der Waals surface area contributed by atoms with Crippen LogP contribution >= 0.6 is 0 Å². The van der Waals surface area contributed by atoms with Crippen molar-refractivity contribution in [1.82, 2.24) is 0 Å². The Balaban J connectivity index is 2.40. The predicted octanol–water partition coefficient (Wildman–Crippen LogP) is 4.00. The molecule has 0 saturated heterocycles. The first-order chi connectivity index (χ1) is 10.9. The quantitative estimate of drug-likeness (QED) is 0.780. The Morgan fingerprint density at radius 1 is 1.04 bits per heavy atom. The minimum absolute atomic E-state index is 0.170. The van der Waals surface area contributed by atoms with Crippen LogP contribution in [0, 0.1) is 13.8 Å². The van der Waals surface area contributed by atoms with Gasteiger partial charge in [-0.3, -0.25) is 4.99 Å². The highest BCUT2D eigenvalue weighted by atomic mass is 32.2. The smallest absolute Gasteiger partial charge is 0.256 e. The monoisotopic (exact) mass is 326 g/mol. The Labute approximate surface area is 137 Å². The minimum atomic E-state index is -3.73. The van der Waals surface area contributed by atoms with Gasteiger partial charge in [0.25, 0.3) is 10.0 Å². The molecule has 0 radical (unpaired) electrons. The van der Waals surface area contributed by atoms with Crippen molar-refractivity contribution >= 4 is 28.1 Å². The summed E-state index contributed by atoms with van der Waals surface area (Å²) in [6.07, 6.45) is 4.46. The van der Waals surface area contributed by atoms with Crippen LogP contribution in [-0.2, 0) is 10.0 Å². The molecule has 23 heavy (non-hydrogen) atoms. The summed E-state index contributed by atoms with van der Waals surface area (Å²) in [5.41, 5.74) is 3.24. The number of benzene rings is 2. The van der Waals surface area contributed by atoms with Crippen molar-refractivity contribution in [2.45, 2.75) is 18.7 Å². The van der Waals surface area contributed by atoms with E-state index in [4.69, 9.17) is 0 Å². The highest BCUT2D eigenvalue weighted by Gasteiger charge is 2.11. The second-order valence-corrected chi connectivity index (χ2v) is 6.68. The van der Waals surface area contributed by atoms with Gasteiger partial charge in [0.2, 0.25) is 0 Å². The van der Waals surface area contributed by atoms with Crippen molar-refractivity contribution in [2.75, 3.05) is 0 Å². The first kappa shape index (κ1) is 16.8. The molecule has 0 aliphatic rings. The Morgan fingerprint density at radius 3 is 2.39 bits per heavy atom. The van der Waals surface area contributed by atoms with Crippen LogP contribution in [-0.4, -0.2) is 20.8 Å². The molecular formula is C18H18N2O2S. The lowest BCUT2D eigenvalue weighted by molar-refractivity contribution is 0.598. The Bertz CT molecular complexity index is 864. The van der Waals surface area contributed by atoms with Gasteiger partial charge in [-0.15, -0.1) is 0 Å². The van der Waals surface area contributed by atoms with E-state index >= 15 is 0 Å². The average Bonchev–Trinajstić information content (AvgIpc) is 2.52. The van der Waals surface area contributed by atoms with E-state index in [-0.39, 0.29) is 4.90 Å². The van der Waals surface area contributed by atoms with Crippen molar-refractivity contribution in [3.05, 3.63) is 71.8 Å². The third-order valence-corrected chi connectivity index (χ3v) is 4.48. The molecular weight excluding hydrogens is 308 g/mol. The van der Waals surface area contributed by atoms with Crippen LogP contribution in [0.5, 0.6) is 0 Å². The second kappa shape index (κ2) is 7.15. The second-order valence-electron chi connectivity index (χ2n) is 5.05. The van der Waals surface area contributed by atoms with E-state index in [2.05, 4.69) is 16.0 Å². The highest BCUT2D eigenvalue weighted by molar-refractivity contribution is 7.90. The van der Waals surface area contributed by atoms with Gasteiger partial charge in [0.1, 0.15) is 0 Å². The molecule has 118 valence electrons. The van der Waals surface area contributed by atoms with Crippen LogP contribution in [0.1, 0.15) is 16.7 Å². The van der Waals surface area contributed by atoms with Crippen LogP contribution in [0.15, 0.2) is 69.4 Å². The van der Waals surface area contributed by atoms with Gasteiger partial charge in [-0.25, -0.2) is 0 Å². The SMILES string of the molecule is C=CC=Nc1c(C)cccc1C=NS(=O)(=O)c1ccc(C)cc1. The molecule has 0 aliphatic carbocycles. The Morgan fingerprint density at radius 2 is 1.74 bits per heavy atom. The molecule has 2 rings (SSSR count). The molecule has 0 aromatic heterocycles. The molecule has 0 saturated carbocycles. The van der Waals surface area contributed by atoms with Gasteiger partial charge in [-0.2, -0.15) is 12.8 Å². The van der Waals surface area contributed by atoms with E-state index in [0.717, 1.165) is 11.1 Å². The molecule has 4 nitrogen and oxygen atoms in total. The molecule has 0 heterocycles. The predicted molar refractivity (Wildman–Crippen MR) is 95.5 cm³/mol. The molecule has 2 aromatic carbocycles. The lowest BCUT2D eigenvalue weighted by Gasteiger charge is -2.04. The number of sulfonamides is 1. The number of hydrogen-bond donors (Lipinski definition) is 0. The van der Waals surface area contributed by atoms with Gasteiger partial charge in [0.15, 0.2) is 0 Å². The first-order valence-electron chi connectivity index (χ1n) is 7.06. The van der Waals surface area contributed by atoms with Crippen molar-refractivity contribution < 1.29 is 8.42 Å². The third-order valence-electron chi connectivity index (χ3n) is 3.23. The number of para-hydroxylation sites is 1. The number of nitrogens with zero attached hydrogens (tertiary/aromatic N) is 2. The summed E-state index contributed by atoms with van der Waals surface area (Å²) in [4.78, 5) is 4.45. The van der Waals surface area contributed by atoms with Crippen LogP contribution in [0.25, 0.3) is 0 Å². The fourth-order valence-corrected chi connectivity index (χ4v) is 2.84. The molecule has 0 amide bonds. The summed E-state index contributed by atoms with van der Waals surface area (Å²) in [5.74, 6) is 0. The van der Waals surface area contributed by atoms with Crippen molar-refractivity contribution in [3.63, 3.8) is 0 Å². The molecule has 2 aromatic rings. The molecule has 0 aliphatic heterocycles. The Hall–Kier alpha value is -2.53. The van der Waals surface area contributed by atoms with Gasteiger partial charge in [-0.05, 0) is 31.5 Å². The maximum absolute atomic E-state index is 12.3. The molecule has 0 fully saturated rings. The molecule has 5 heteroatoms. The van der Waals surface area contributed by atoms with Gasteiger partial charge >= 0.3 is 0 Å². The van der Waals surface area contributed by atoms with E-state index in [0.29, 0.717) is 11.3 Å². The van der Waals surface area contributed by atoms with E-state index in [9.17, 15) is 8.42 Å². The van der Waals surface area contributed by atoms with Crippen molar-refractivity contribution in [3.8, 4) is 0 Å². The fraction of sp³-hybridized carbons (Fsp3) is 0.111. The number of aryl methyl sites for hydroxylation is 2. The maximum Gasteiger partial charge on any atom is 0.282 e. The van der Waals surface area contributed by atoms with E-state index in [1.807, 2.05) is 26.0 Å². The molecule has 0 atom stereocenters. The van der Waals surface area contributed by atoms with Crippen LogP contribution in [0.4, 0.5) is 5.69 Å². The van der Waals surface area contributed by atoms with E-state index in [1.54, 1.807) is 42.6 Å². The molecule has 0 unspecified atom stereocenters. The number of aliphatic imine (C=N–C) groups is 1. The largest absolute Gasteiger partial charge is 0.282 e. The normalized spacial score (nSPS) is 12.1. The lowest BCUT2D eigenvalue weighted by atomic mass is 10.1. The van der Waals surface area contributed by atoms with Gasteiger partial charge in [0, 0.05) is 18.0 Å². The molecule has 0 N–H and O–H groups in total. The molecule has 0 bridgehead atoms. The lowest BCUT2D eigenvalue weighted by Crippen LogP contribution is -1.98. The maximum atomic E-state index is 12.3. The Kier molecular flexibility index (Phi) is 5.24. The third kappa shape index (κ3) is 4.23. The topological polar surface area (TPSA) is 58.9 Å². The van der Waals surface area contributed by atoms with Crippen LogP contribution in [0.2, 0.25) is 0 Å². The zero-order valence-electron chi connectivity index (χ0n) is 13.1. The summed E-state index contributed by atoms with van der Waals surface area (Å²) < 4.78 is 28.3. The summed E-state index contributed by atoms with van der Waals surface area (Å²) >= 11 is 0. The minimum Gasteiger partial charge on any atom is -0.256 e. The zero-order chi connectivity index (χ0) is 16.9. The standard InChI is InChI=1S/C18H18N2O2S/c1-4-12-19-18-15(3)6-5-7-16(18)13-20-23(21,22)17-10-8-14(2)9-11-17/h4-13H,1H2,2-3H3. The molecule has 0 spiro atoms. The van der Waals surface area contributed by atoms with Gasteiger partial charge in [0.05, 0.1) is 10.6 Å². The summed E-state index contributed by atoms with van der Waals surface area (Å²) in [6.45, 7) is 7.39. The first-order valence-corrected chi connectivity index (χ1v) is 8.50. The van der Waals surface area contributed by atoms with Gasteiger partial charge < -0.3 is 0 Å². The fourth-order valence-electron chi connectivity index (χ4n) is 1.99. The highest BCUT2D eigenvalue weighted by Crippen LogP contribution is 2.23. The summed E-state index contributed by atoms with van der Waals surface area (Å²) in [5, 5.41) is 0. The van der Waals surface area contributed by atoms with Crippen LogP contribution < -0.4 is 0 Å². The number of rotatable bonds is 5. The summed E-state index contributed by atoms with van der Waals surface area (Å²) in [6, 6.07) is 12.1. The average molecular weight is 326 g/mol. The van der Waals surface area contributed by atoms with E-state index in [1.165, 1.54) is 6.21 Å². The zero-order valence-corrected chi connectivity index (χ0v) is 13.9. The number of allylic oxidation sites excluding steroid dienone is 1. The number of hydrogen-bond acceptors (Lipinski definition) is 3. The van der Waals surface area contributed by atoms with Crippen molar-refractivity contribution in [1.29, 1.82) is 0 Å². The van der Waals surface area contributed by atoms with E-state index < -0.39 is 10.0 Å².